The Morgan fingerprint density at radius 2 is 1.39 bits per heavy atom. The fraction of sp³-hybridized carbons (Fsp3) is 0.556. The normalized spacial score (nSPS) is 10.9. The van der Waals surface area contributed by atoms with Crippen LogP contribution in [-0.2, 0) is 33.7 Å². The van der Waals surface area contributed by atoms with E-state index in [1.165, 1.54) is 11.1 Å². The minimum atomic E-state index is 0.559. The molecule has 0 N–H and O–H groups in total. The average Bonchev–Trinajstić information content (AvgIpc) is 2.83. The first-order valence-electron chi connectivity index (χ1n) is 11.7. The van der Waals surface area contributed by atoms with E-state index in [9.17, 15) is 0 Å². The standard InChI is InChI=1S/C27H40O6/c1-6-22-15-24(20-31-14-13-29-4)17-25(16-22)32-11-7-9-23-18-26(30-5)21(2)27(19-23)33-12-8-10-28-3/h15-19H,6-14,20H2,1-5H3. The number of ether oxygens (including phenoxy) is 6. The van der Waals surface area contributed by atoms with Gasteiger partial charge in [0.05, 0.1) is 40.1 Å². The van der Waals surface area contributed by atoms with Crippen molar-refractivity contribution in [3.8, 4) is 17.2 Å². The lowest BCUT2D eigenvalue weighted by Gasteiger charge is -2.15. The van der Waals surface area contributed by atoms with Crippen molar-refractivity contribution in [1.29, 1.82) is 0 Å². The van der Waals surface area contributed by atoms with Crippen molar-refractivity contribution in [2.24, 2.45) is 0 Å². The van der Waals surface area contributed by atoms with Crippen molar-refractivity contribution in [1.82, 2.24) is 0 Å². The molecule has 2 aromatic carbocycles. The number of hydrogen-bond acceptors (Lipinski definition) is 6. The van der Waals surface area contributed by atoms with Crippen LogP contribution in [0.3, 0.4) is 0 Å². The third-order valence-corrected chi connectivity index (χ3v) is 5.36. The van der Waals surface area contributed by atoms with Gasteiger partial charge < -0.3 is 28.4 Å². The van der Waals surface area contributed by atoms with Gasteiger partial charge in [0.1, 0.15) is 17.2 Å². The zero-order chi connectivity index (χ0) is 23.9. The van der Waals surface area contributed by atoms with E-state index in [1.807, 2.05) is 6.92 Å². The van der Waals surface area contributed by atoms with E-state index < -0.39 is 0 Å². The highest BCUT2D eigenvalue weighted by atomic mass is 16.5. The van der Waals surface area contributed by atoms with Gasteiger partial charge in [0, 0.05) is 32.8 Å². The Balaban J connectivity index is 1.91. The Morgan fingerprint density at radius 1 is 0.667 bits per heavy atom. The molecule has 33 heavy (non-hydrogen) atoms. The number of rotatable bonds is 17. The third kappa shape index (κ3) is 9.62. The van der Waals surface area contributed by atoms with Crippen LogP contribution < -0.4 is 14.2 Å². The third-order valence-electron chi connectivity index (χ3n) is 5.36. The fourth-order valence-electron chi connectivity index (χ4n) is 3.51. The SMILES string of the molecule is CCc1cc(COCCOC)cc(OCCCc2cc(OC)c(C)c(OCCCOC)c2)c1. The molecular weight excluding hydrogens is 420 g/mol. The van der Waals surface area contributed by atoms with Crippen molar-refractivity contribution < 1.29 is 28.4 Å². The van der Waals surface area contributed by atoms with Gasteiger partial charge in [0.25, 0.3) is 0 Å². The maximum Gasteiger partial charge on any atom is 0.126 e. The lowest BCUT2D eigenvalue weighted by molar-refractivity contribution is 0.0615. The second kappa shape index (κ2) is 15.5. The molecule has 0 aromatic heterocycles. The summed E-state index contributed by atoms with van der Waals surface area (Å²) in [5.41, 5.74) is 4.57. The molecule has 0 heterocycles. The molecule has 0 saturated carbocycles. The summed E-state index contributed by atoms with van der Waals surface area (Å²) in [6, 6.07) is 10.5. The van der Waals surface area contributed by atoms with E-state index in [2.05, 4.69) is 37.3 Å². The van der Waals surface area contributed by atoms with Crippen molar-refractivity contribution >= 4 is 0 Å². The second-order valence-corrected chi connectivity index (χ2v) is 7.95. The highest BCUT2D eigenvalue weighted by molar-refractivity contribution is 5.47. The molecule has 2 rings (SSSR count). The zero-order valence-electron chi connectivity index (χ0n) is 20.9. The molecule has 0 radical (unpaired) electrons. The quantitative estimate of drug-likeness (QED) is 0.304. The molecule has 0 fully saturated rings. The first kappa shape index (κ1) is 27.0. The number of benzene rings is 2. The number of hydrogen-bond donors (Lipinski definition) is 0. The number of methoxy groups -OCH3 is 3. The molecule has 0 aliphatic carbocycles. The predicted molar refractivity (Wildman–Crippen MR) is 131 cm³/mol. The molecule has 184 valence electrons. The van der Waals surface area contributed by atoms with Crippen LogP contribution in [0, 0.1) is 6.92 Å². The second-order valence-electron chi connectivity index (χ2n) is 7.95. The predicted octanol–water partition coefficient (Wildman–Crippen LogP) is 5.16. The van der Waals surface area contributed by atoms with Crippen molar-refractivity contribution in [3.63, 3.8) is 0 Å². The van der Waals surface area contributed by atoms with Gasteiger partial charge in [0.15, 0.2) is 0 Å². The molecule has 0 unspecified atom stereocenters. The van der Waals surface area contributed by atoms with Gasteiger partial charge >= 0.3 is 0 Å². The van der Waals surface area contributed by atoms with Crippen LogP contribution in [0.1, 0.15) is 42.0 Å². The van der Waals surface area contributed by atoms with Crippen LogP contribution >= 0.6 is 0 Å². The topological polar surface area (TPSA) is 55.4 Å². The fourth-order valence-corrected chi connectivity index (χ4v) is 3.51. The molecule has 0 saturated heterocycles. The van der Waals surface area contributed by atoms with Crippen molar-refractivity contribution in [3.05, 3.63) is 52.6 Å². The van der Waals surface area contributed by atoms with Crippen LogP contribution in [0.15, 0.2) is 30.3 Å². The summed E-state index contributed by atoms with van der Waals surface area (Å²) in [4.78, 5) is 0. The van der Waals surface area contributed by atoms with Crippen LogP contribution in [0.25, 0.3) is 0 Å². The summed E-state index contributed by atoms with van der Waals surface area (Å²) in [7, 11) is 5.07. The van der Waals surface area contributed by atoms with Crippen LogP contribution in [-0.4, -0.2) is 54.4 Å². The summed E-state index contributed by atoms with van der Waals surface area (Å²) in [5, 5.41) is 0. The molecule has 0 amide bonds. The van der Waals surface area contributed by atoms with Crippen LogP contribution in [0.5, 0.6) is 17.2 Å². The summed E-state index contributed by atoms with van der Waals surface area (Å²) in [6.45, 7) is 7.86. The molecule has 6 heteroatoms. The van der Waals surface area contributed by atoms with E-state index >= 15 is 0 Å². The first-order chi connectivity index (χ1) is 16.1. The minimum Gasteiger partial charge on any atom is -0.496 e. The van der Waals surface area contributed by atoms with Gasteiger partial charge in [-0.15, -0.1) is 0 Å². The van der Waals surface area contributed by atoms with Gasteiger partial charge in [-0.3, -0.25) is 0 Å². The summed E-state index contributed by atoms with van der Waals surface area (Å²) < 4.78 is 33.4. The molecule has 0 atom stereocenters. The smallest absolute Gasteiger partial charge is 0.126 e. The molecular formula is C27H40O6. The van der Waals surface area contributed by atoms with Gasteiger partial charge in [-0.25, -0.2) is 0 Å². The van der Waals surface area contributed by atoms with Gasteiger partial charge in [-0.05, 0) is 67.1 Å². The minimum absolute atomic E-state index is 0.559. The Labute approximate surface area is 199 Å². The van der Waals surface area contributed by atoms with Gasteiger partial charge in [-0.1, -0.05) is 13.0 Å². The zero-order valence-corrected chi connectivity index (χ0v) is 20.9. The highest BCUT2D eigenvalue weighted by Crippen LogP contribution is 2.30. The molecule has 0 spiro atoms. The number of aryl methyl sites for hydroxylation is 2. The van der Waals surface area contributed by atoms with Crippen molar-refractivity contribution in [2.75, 3.05) is 54.4 Å². The summed E-state index contributed by atoms with van der Waals surface area (Å²) in [6.07, 6.45) is 3.59. The maximum atomic E-state index is 6.08. The summed E-state index contributed by atoms with van der Waals surface area (Å²) in [5.74, 6) is 2.61. The summed E-state index contributed by atoms with van der Waals surface area (Å²) >= 11 is 0. The van der Waals surface area contributed by atoms with Crippen LogP contribution in [0.2, 0.25) is 0 Å². The van der Waals surface area contributed by atoms with Crippen LogP contribution in [0.4, 0.5) is 0 Å². The Kier molecular flexibility index (Phi) is 12.7. The first-order valence-corrected chi connectivity index (χ1v) is 11.7. The largest absolute Gasteiger partial charge is 0.496 e. The lowest BCUT2D eigenvalue weighted by Crippen LogP contribution is -2.05. The van der Waals surface area contributed by atoms with E-state index in [0.29, 0.717) is 39.6 Å². The molecule has 6 nitrogen and oxygen atoms in total. The maximum absolute atomic E-state index is 6.08. The average molecular weight is 461 g/mol. The molecule has 0 aliphatic heterocycles. The molecule has 0 aliphatic rings. The van der Waals surface area contributed by atoms with E-state index in [0.717, 1.165) is 54.1 Å². The molecule has 2 aromatic rings. The van der Waals surface area contributed by atoms with E-state index in [-0.39, 0.29) is 0 Å². The van der Waals surface area contributed by atoms with Gasteiger partial charge in [-0.2, -0.15) is 0 Å². The monoisotopic (exact) mass is 460 g/mol. The van der Waals surface area contributed by atoms with E-state index in [1.54, 1.807) is 21.3 Å². The van der Waals surface area contributed by atoms with E-state index in [4.69, 9.17) is 28.4 Å². The Hall–Kier alpha value is -2.28. The Morgan fingerprint density at radius 3 is 2.12 bits per heavy atom. The van der Waals surface area contributed by atoms with Gasteiger partial charge in [0.2, 0.25) is 0 Å². The van der Waals surface area contributed by atoms with Crippen molar-refractivity contribution in [2.45, 2.75) is 46.1 Å². The highest BCUT2D eigenvalue weighted by Gasteiger charge is 2.10. The Bertz CT molecular complexity index is 820. The molecule has 0 bridgehead atoms. The lowest BCUT2D eigenvalue weighted by atomic mass is 10.1.